The molecule has 1 aromatic carbocycles. The summed E-state index contributed by atoms with van der Waals surface area (Å²) in [6.07, 6.45) is 2.35. The summed E-state index contributed by atoms with van der Waals surface area (Å²) in [7, 11) is 0. The van der Waals surface area contributed by atoms with Crippen LogP contribution in [0.5, 0.6) is 0 Å². The van der Waals surface area contributed by atoms with Crippen molar-refractivity contribution in [3.05, 3.63) is 35.1 Å². The molecule has 0 saturated heterocycles. The van der Waals surface area contributed by atoms with Crippen molar-refractivity contribution in [1.82, 2.24) is 5.32 Å². The SMILES string of the molecule is Cc1cccc(C(=O)NCC2CC2)c1F. The fourth-order valence-electron chi connectivity index (χ4n) is 1.48. The highest BCUT2D eigenvalue weighted by Gasteiger charge is 2.22. The Morgan fingerprint density at radius 2 is 2.27 bits per heavy atom. The van der Waals surface area contributed by atoms with Crippen molar-refractivity contribution in [3.8, 4) is 0 Å². The number of rotatable bonds is 3. The molecule has 1 aromatic rings. The largest absolute Gasteiger partial charge is 0.352 e. The first-order chi connectivity index (χ1) is 7.18. The average Bonchev–Trinajstić information content (AvgIpc) is 3.02. The van der Waals surface area contributed by atoms with Crippen LogP contribution >= 0.6 is 0 Å². The molecule has 1 aliphatic rings. The maximum absolute atomic E-state index is 13.5. The highest BCUT2D eigenvalue weighted by atomic mass is 19.1. The molecular weight excluding hydrogens is 193 g/mol. The highest BCUT2D eigenvalue weighted by molar-refractivity contribution is 5.94. The van der Waals surface area contributed by atoms with Crippen LogP contribution in [0.2, 0.25) is 0 Å². The average molecular weight is 207 g/mol. The second kappa shape index (κ2) is 4.01. The first-order valence-electron chi connectivity index (χ1n) is 5.22. The van der Waals surface area contributed by atoms with E-state index in [1.807, 2.05) is 0 Å². The van der Waals surface area contributed by atoms with E-state index in [1.54, 1.807) is 19.1 Å². The van der Waals surface area contributed by atoms with Crippen molar-refractivity contribution >= 4 is 5.91 Å². The molecule has 1 amide bonds. The molecule has 0 aliphatic heterocycles. The fraction of sp³-hybridized carbons (Fsp3) is 0.417. The predicted octanol–water partition coefficient (Wildman–Crippen LogP) is 2.27. The molecule has 1 fully saturated rings. The first kappa shape index (κ1) is 10.1. The van der Waals surface area contributed by atoms with E-state index in [-0.39, 0.29) is 11.5 Å². The van der Waals surface area contributed by atoms with Gasteiger partial charge < -0.3 is 5.32 Å². The number of amides is 1. The lowest BCUT2D eigenvalue weighted by Gasteiger charge is -2.06. The molecular formula is C12H14FNO. The Labute approximate surface area is 88.5 Å². The van der Waals surface area contributed by atoms with E-state index in [1.165, 1.54) is 18.9 Å². The van der Waals surface area contributed by atoms with Crippen molar-refractivity contribution < 1.29 is 9.18 Å². The minimum absolute atomic E-state index is 0.149. The number of carbonyl (C=O) groups excluding carboxylic acids is 1. The van der Waals surface area contributed by atoms with E-state index in [4.69, 9.17) is 0 Å². The van der Waals surface area contributed by atoms with Crippen LogP contribution in [-0.2, 0) is 0 Å². The summed E-state index contributed by atoms with van der Waals surface area (Å²) in [5.41, 5.74) is 0.657. The Hall–Kier alpha value is -1.38. The third-order valence-corrected chi connectivity index (χ3v) is 2.68. The number of aryl methyl sites for hydroxylation is 1. The third kappa shape index (κ3) is 2.35. The van der Waals surface area contributed by atoms with E-state index in [9.17, 15) is 9.18 Å². The topological polar surface area (TPSA) is 29.1 Å². The van der Waals surface area contributed by atoms with Gasteiger partial charge in [0.25, 0.3) is 5.91 Å². The van der Waals surface area contributed by atoms with Gasteiger partial charge >= 0.3 is 0 Å². The Kier molecular flexibility index (Phi) is 2.71. The molecule has 0 radical (unpaired) electrons. The number of nitrogens with one attached hydrogen (secondary N) is 1. The zero-order valence-electron chi connectivity index (χ0n) is 8.72. The predicted molar refractivity (Wildman–Crippen MR) is 56.2 cm³/mol. The Bertz CT molecular complexity index is 385. The quantitative estimate of drug-likeness (QED) is 0.809. The molecule has 1 N–H and O–H groups in total. The zero-order chi connectivity index (χ0) is 10.8. The van der Waals surface area contributed by atoms with Crippen LogP contribution in [0.3, 0.4) is 0 Å². The lowest BCUT2D eigenvalue weighted by Crippen LogP contribution is -2.26. The van der Waals surface area contributed by atoms with E-state index >= 15 is 0 Å². The van der Waals surface area contributed by atoms with Gasteiger partial charge in [-0.2, -0.15) is 0 Å². The normalized spacial score (nSPS) is 15.1. The molecule has 0 spiro atoms. The minimum atomic E-state index is -0.411. The number of hydrogen-bond acceptors (Lipinski definition) is 1. The summed E-state index contributed by atoms with van der Waals surface area (Å²) >= 11 is 0. The smallest absolute Gasteiger partial charge is 0.254 e. The van der Waals surface area contributed by atoms with Crippen molar-refractivity contribution in [3.63, 3.8) is 0 Å². The summed E-state index contributed by atoms with van der Waals surface area (Å²) in [6, 6.07) is 4.88. The van der Waals surface area contributed by atoms with Gasteiger partial charge in [-0.05, 0) is 37.3 Å². The number of hydrogen-bond donors (Lipinski definition) is 1. The van der Waals surface area contributed by atoms with Crippen molar-refractivity contribution in [1.29, 1.82) is 0 Å². The van der Waals surface area contributed by atoms with Gasteiger partial charge in [0.05, 0.1) is 5.56 Å². The van der Waals surface area contributed by atoms with Crippen LogP contribution in [0.25, 0.3) is 0 Å². The molecule has 0 heterocycles. The standard InChI is InChI=1S/C12H14FNO/c1-8-3-2-4-10(11(8)13)12(15)14-7-9-5-6-9/h2-4,9H,5-7H2,1H3,(H,14,15). The van der Waals surface area contributed by atoms with Gasteiger partial charge in [-0.25, -0.2) is 4.39 Å². The van der Waals surface area contributed by atoms with E-state index in [0.717, 1.165) is 0 Å². The van der Waals surface area contributed by atoms with Gasteiger partial charge in [0, 0.05) is 6.54 Å². The lowest BCUT2D eigenvalue weighted by atomic mass is 10.1. The number of halogens is 1. The van der Waals surface area contributed by atoms with E-state index in [0.29, 0.717) is 18.0 Å². The van der Waals surface area contributed by atoms with E-state index in [2.05, 4.69) is 5.32 Å². The van der Waals surface area contributed by atoms with Gasteiger partial charge in [-0.1, -0.05) is 12.1 Å². The van der Waals surface area contributed by atoms with Gasteiger partial charge in [0.1, 0.15) is 5.82 Å². The van der Waals surface area contributed by atoms with Crippen molar-refractivity contribution in [2.45, 2.75) is 19.8 Å². The van der Waals surface area contributed by atoms with Crippen LogP contribution in [0, 0.1) is 18.7 Å². The number of carbonyl (C=O) groups is 1. The second-order valence-electron chi connectivity index (χ2n) is 4.09. The molecule has 0 bridgehead atoms. The minimum Gasteiger partial charge on any atom is -0.352 e. The van der Waals surface area contributed by atoms with Crippen molar-refractivity contribution in [2.75, 3.05) is 6.54 Å². The summed E-state index contributed by atoms with van der Waals surface area (Å²) in [5.74, 6) is -0.101. The summed E-state index contributed by atoms with van der Waals surface area (Å²) in [5, 5.41) is 2.75. The molecule has 1 saturated carbocycles. The lowest BCUT2D eigenvalue weighted by molar-refractivity contribution is 0.0947. The van der Waals surface area contributed by atoms with Crippen LogP contribution < -0.4 is 5.32 Å². The Morgan fingerprint density at radius 1 is 1.53 bits per heavy atom. The number of benzene rings is 1. The maximum atomic E-state index is 13.5. The molecule has 3 heteroatoms. The molecule has 15 heavy (non-hydrogen) atoms. The van der Waals surface area contributed by atoms with Crippen LogP contribution in [0.4, 0.5) is 4.39 Å². The molecule has 1 aliphatic carbocycles. The van der Waals surface area contributed by atoms with Crippen molar-refractivity contribution in [2.24, 2.45) is 5.92 Å². The van der Waals surface area contributed by atoms with Crippen LogP contribution in [-0.4, -0.2) is 12.5 Å². The highest BCUT2D eigenvalue weighted by Crippen LogP contribution is 2.27. The van der Waals surface area contributed by atoms with Gasteiger partial charge in [0.15, 0.2) is 0 Å². The maximum Gasteiger partial charge on any atom is 0.254 e. The fourth-order valence-corrected chi connectivity index (χ4v) is 1.48. The Morgan fingerprint density at radius 3 is 2.93 bits per heavy atom. The molecule has 0 aromatic heterocycles. The second-order valence-corrected chi connectivity index (χ2v) is 4.09. The monoisotopic (exact) mass is 207 g/mol. The summed E-state index contributed by atoms with van der Waals surface area (Å²) in [4.78, 5) is 11.6. The third-order valence-electron chi connectivity index (χ3n) is 2.68. The molecule has 0 unspecified atom stereocenters. The van der Waals surface area contributed by atoms with Crippen LogP contribution in [0.15, 0.2) is 18.2 Å². The molecule has 80 valence electrons. The molecule has 2 rings (SSSR count). The summed E-state index contributed by atoms with van der Waals surface area (Å²) in [6.45, 7) is 2.33. The molecule has 2 nitrogen and oxygen atoms in total. The van der Waals surface area contributed by atoms with Gasteiger partial charge in [-0.3, -0.25) is 4.79 Å². The Balaban J connectivity index is 2.06. The first-order valence-corrected chi connectivity index (χ1v) is 5.22. The van der Waals surface area contributed by atoms with Gasteiger partial charge in [-0.15, -0.1) is 0 Å². The van der Waals surface area contributed by atoms with Gasteiger partial charge in [0.2, 0.25) is 0 Å². The zero-order valence-corrected chi connectivity index (χ0v) is 8.72. The summed E-state index contributed by atoms with van der Waals surface area (Å²) < 4.78 is 13.5. The van der Waals surface area contributed by atoms with Crippen LogP contribution in [0.1, 0.15) is 28.8 Å². The van der Waals surface area contributed by atoms with E-state index < -0.39 is 5.82 Å². The molecule has 0 atom stereocenters.